The van der Waals surface area contributed by atoms with Gasteiger partial charge in [0.15, 0.2) is 11.6 Å². The minimum atomic E-state index is -0.848. The molecule has 0 radical (unpaired) electrons. The summed E-state index contributed by atoms with van der Waals surface area (Å²) in [6.45, 7) is 7.40. The van der Waals surface area contributed by atoms with Gasteiger partial charge in [-0.15, -0.1) is 0 Å². The molecule has 0 unspecified atom stereocenters. The van der Waals surface area contributed by atoms with Crippen molar-refractivity contribution in [1.82, 2.24) is 10.2 Å². The predicted molar refractivity (Wildman–Crippen MR) is 157 cm³/mol. The molecule has 8 heteroatoms. The number of ether oxygens (including phenoxy) is 2. The van der Waals surface area contributed by atoms with Gasteiger partial charge in [-0.1, -0.05) is 51.7 Å². The lowest BCUT2D eigenvalue weighted by molar-refractivity contribution is -0.139. The van der Waals surface area contributed by atoms with Crippen molar-refractivity contribution < 1.29 is 28.7 Å². The second kappa shape index (κ2) is 14.4. The lowest BCUT2D eigenvalue weighted by Crippen LogP contribution is -2.49. The highest BCUT2D eigenvalue weighted by Crippen LogP contribution is 2.30. The topological polar surface area (TPSA) is 105 Å². The number of benzene rings is 1. The van der Waals surface area contributed by atoms with Crippen LogP contribution in [-0.4, -0.2) is 65.7 Å². The Labute approximate surface area is 244 Å². The first-order valence-electron chi connectivity index (χ1n) is 15.7. The van der Waals surface area contributed by atoms with Gasteiger partial charge in [0.1, 0.15) is 11.4 Å². The van der Waals surface area contributed by atoms with E-state index in [2.05, 4.69) is 5.32 Å². The van der Waals surface area contributed by atoms with E-state index in [4.69, 9.17) is 9.47 Å². The summed E-state index contributed by atoms with van der Waals surface area (Å²) in [7, 11) is 0. The molecule has 4 heterocycles. The number of rotatable bonds is 6. The first kappa shape index (κ1) is 31.2. The SMILES string of the molecule is CC(C)C[C@H](NC(=O)[C@H]1CC(=O)[C@@H]2CCCN2C(=O)CCCCCCCCOc2ccc(cc2)C1)C(=O)[C@@]1(C)CO1. The van der Waals surface area contributed by atoms with E-state index < -0.39 is 23.6 Å². The summed E-state index contributed by atoms with van der Waals surface area (Å²) in [5, 5.41) is 3.00. The summed E-state index contributed by atoms with van der Waals surface area (Å²) >= 11 is 0. The van der Waals surface area contributed by atoms with Gasteiger partial charge in [0.25, 0.3) is 0 Å². The zero-order valence-corrected chi connectivity index (χ0v) is 25.1. The van der Waals surface area contributed by atoms with Crippen LogP contribution >= 0.6 is 0 Å². The Hall–Kier alpha value is -2.74. The zero-order valence-electron chi connectivity index (χ0n) is 25.1. The normalized spacial score (nSPS) is 27.2. The third kappa shape index (κ3) is 8.87. The summed E-state index contributed by atoms with van der Waals surface area (Å²) in [6.07, 6.45) is 8.90. The van der Waals surface area contributed by atoms with Gasteiger partial charge in [-0.2, -0.15) is 0 Å². The molecule has 41 heavy (non-hydrogen) atoms. The number of nitrogens with one attached hydrogen (secondary N) is 1. The fourth-order valence-corrected chi connectivity index (χ4v) is 6.07. The molecule has 1 aromatic rings. The predicted octanol–water partition coefficient (Wildman–Crippen LogP) is 4.81. The highest BCUT2D eigenvalue weighted by molar-refractivity contribution is 5.98. The van der Waals surface area contributed by atoms with E-state index in [0.717, 1.165) is 56.3 Å². The number of carbonyl (C=O) groups excluding carboxylic acids is 4. The van der Waals surface area contributed by atoms with Crippen molar-refractivity contribution >= 4 is 23.4 Å². The van der Waals surface area contributed by atoms with Gasteiger partial charge in [0.2, 0.25) is 11.8 Å². The van der Waals surface area contributed by atoms with Crippen molar-refractivity contribution in [3.63, 3.8) is 0 Å². The summed E-state index contributed by atoms with van der Waals surface area (Å²) < 4.78 is 11.3. The van der Waals surface area contributed by atoms with Crippen molar-refractivity contribution in [2.45, 2.75) is 116 Å². The quantitative estimate of drug-likeness (QED) is 0.494. The molecule has 0 spiro atoms. The third-order valence-electron chi connectivity index (χ3n) is 8.66. The van der Waals surface area contributed by atoms with Crippen molar-refractivity contribution in [1.29, 1.82) is 0 Å². The Morgan fingerprint density at radius 1 is 1.00 bits per heavy atom. The molecule has 1 N–H and O–H groups in total. The van der Waals surface area contributed by atoms with Crippen molar-refractivity contribution in [2.24, 2.45) is 11.8 Å². The summed E-state index contributed by atoms with van der Waals surface area (Å²) in [4.78, 5) is 55.5. The molecule has 1 aromatic carbocycles. The molecule has 4 atom stereocenters. The van der Waals surface area contributed by atoms with Crippen molar-refractivity contribution in [3.05, 3.63) is 29.8 Å². The molecule has 0 saturated carbocycles. The number of Topliss-reactive ketones (excluding diaryl/α,β-unsaturated/α-hetero) is 2. The molecular formula is C33H48N2O6. The first-order valence-corrected chi connectivity index (χ1v) is 15.7. The van der Waals surface area contributed by atoms with E-state index in [0.29, 0.717) is 45.4 Å². The van der Waals surface area contributed by atoms with Crippen molar-refractivity contribution in [2.75, 3.05) is 19.8 Å². The van der Waals surface area contributed by atoms with Gasteiger partial charge >= 0.3 is 0 Å². The third-order valence-corrected chi connectivity index (χ3v) is 8.66. The molecule has 2 fully saturated rings. The molecule has 0 aromatic heterocycles. The summed E-state index contributed by atoms with van der Waals surface area (Å²) in [5.74, 6) is -0.132. The molecule has 5 rings (SSSR count). The average molecular weight is 569 g/mol. The molecule has 2 amide bonds. The number of hydrogen-bond acceptors (Lipinski definition) is 6. The lowest BCUT2D eigenvalue weighted by Gasteiger charge is -2.27. The van der Waals surface area contributed by atoms with E-state index in [9.17, 15) is 19.2 Å². The second-order valence-electron chi connectivity index (χ2n) is 12.8. The second-order valence-corrected chi connectivity index (χ2v) is 12.8. The van der Waals surface area contributed by atoms with Gasteiger partial charge in [-0.05, 0) is 69.1 Å². The van der Waals surface area contributed by atoms with E-state index in [1.54, 1.807) is 11.8 Å². The van der Waals surface area contributed by atoms with Gasteiger partial charge < -0.3 is 19.7 Å². The van der Waals surface area contributed by atoms with Gasteiger partial charge in [0.05, 0.1) is 25.3 Å². The van der Waals surface area contributed by atoms with Gasteiger partial charge in [-0.3, -0.25) is 19.2 Å². The number of amides is 2. The van der Waals surface area contributed by atoms with Crippen LogP contribution in [0.2, 0.25) is 0 Å². The van der Waals surface area contributed by atoms with Gasteiger partial charge in [0, 0.05) is 25.3 Å². The monoisotopic (exact) mass is 568 g/mol. The van der Waals surface area contributed by atoms with Crippen molar-refractivity contribution in [3.8, 4) is 5.75 Å². The van der Waals surface area contributed by atoms with E-state index in [1.807, 2.05) is 38.1 Å². The maximum Gasteiger partial charge on any atom is 0.224 e. The van der Waals surface area contributed by atoms with E-state index in [-0.39, 0.29) is 35.7 Å². The molecule has 0 aliphatic carbocycles. The Morgan fingerprint density at radius 2 is 1.68 bits per heavy atom. The summed E-state index contributed by atoms with van der Waals surface area (Å²) in [5.41, 5.74) is 0.0717. The summed E-state index contributed by atoms with van der Waals surface area (Å²) in [6, 6.07) is 6.56. The Bertz CT molecular complexity index is 1060. The largest absolute Gasteiger partial charge is 0.494 e. The molecule has 2 saturated heterocycles. The number of carbonyl (C=O) groups is 4. The minimum Gasteiger partial charge on any atom is -0.494 e. The lowest BCUT2D eigenvalue weighted by atomic mass is 9.88. The average Bonchev–Trinajstić information content (AvgIpc) is 3.49. The van der Waals surface area contributed by atoms with E-state index >= 15 is 0 Å². The highest BCUT2D eigenvalue weighted by Gasteiger charge is 2.50. The molecule has 8 nitrogen and oxygen atoms in total. The van der Waals surface area contributed by atoms with Crippen LogP contribution in [0.4, 0.5) is 0 Å². The van der Waals surface area contributed by atoms with Gasteiger partial charge in [-0.25, -0.2) is 0 Å². The van der Waals surface area contributed by atoms with E-state index in [1.165, 1.54) is 0 Å². The number of hydrogen-bond donors (Lipinski definition) is 1. The smallest absolute Gasteiger partial charge is 0.224 e. The molecule has 4 aliphatic rings. The van der Waals surface area contributed by atoms with Crippen LogP contribution in [0.25, 0.3) is 0 Å². The fraction of sp³-hybridized carbons (Fsp3) is 0.697. The maximum absolute atomic E-state index is 13.8. The van der Waals surface area contributed by atoms with Crippen LogP contribution < -0.4 is 10.1 Å². The molecule has 2 bridgehead atoms. The molecular weight excluding hydrogens is 520 g/mol. The fourth-order valence-electron chi connectivity index (χ4n) is 6.07. The maximum atomic E-state index is 13.8. The number of epoxide rings is 1. The van der Waals surface area contributed by atoms with Crippen LogP contribution in [0.15, 0.2) is 24.3 Å². The number of fused-ring (bicyclic) bond motifs is 14. The Kier molecular flexibility index (Phi) is 11.0. The minimum absolute atomic E-state index is 0.0227. The van der Waals surface area contributed by atoms with Crippen LogP contribution in [0.1, 0.15) is 97.0 Å². The van der Waals surface area contributed by atoms with Crippen LogP contribution in [-0.2, 0) is 30.3 Å². The Balaban J connectivity index is 1.54. The highest BCUT2D eigenvalue weighted by atomic mass is 16.6. The van der Waals surface area contributed by atoms with Crippen LogP contribution in [0, 0.1) is 11.8 Å². The Morgan fingerprint density at radius 3 is 2.37 bits per heavy atom. The number of nitrogens with zero attached hydrogens (tertiary/aromatic N) is 1. The number of ketones is 2. The zero-order chi connectivity index (χ0) is 29.4. The van der Waals surface area contributed by atoms with Crippen LogP contribution in [0.3, 0.4) is 0 Å². The molecule has 226 valence electrons. The standard InChI is InChI=1S/C33H48N2O6/c1-23(2)19-27(31(38)33(3)22-41-33)34-32(39)25-20-24-13-15-26(16-14-24)40-18-9-7-5-4-6-8-12-30(37)35-17-10-11-28(35)29(36)21-25/h13-16,23,25,27-28H,4-12,17-22H2,1-3H3,(H,34,39)/t25-,27+,28+,33-/m1/s1. The first-order chi connectivity index (χ1) is 19.7. The molecule has 4 aliphatic heterocycles. The van der Waals surface area contributed by atoms with Crippen LogP contribution in [0.5, 0.6) is 5.75 Å².